The number of aromatic nitrogens is 3. The van der Waals surface area contributed by atoms with Gasteiger partial charge in [-0.15, -0.1) is 0 Å². The van der Waals surface area contributed by atoms with E-state index in [1.54, 1.807) is 0 Å². The molecule has 2 unspecified atom stereocenters. The summed E-state index contributed by atoms with van der Waals surface area (Å²) in [5.74, 6) is 0. The van der Waals surface area contributed by atoms with Crippen molar-refractivity contribution in [3.63, 3.8) is 0 Å². The van der Waals surface area contributed by atoms with Gasteiger partial charge in [-0.2, -0.15) is 12.9 Å². The molecule has 0 amide bonds. The predicted molar refractivity (Wildman–Crippen MR) is 217 cm³/mol. The first kappa shape index (κ1) is 54.7. The molecule has 62 heavy (non-hydrogen) atoms. The molecule has 348 valence electrons. The summed E-state index contributed by atoms with van der Waals surface area (Å²) in [7, 11) is -22.9. The summed E-state index contributed by atoms with van der Waals surface area (Å²) in [5.41, 5.74) is 15.3. The molecule has 3 aromatic rings. The van der Waals surface area contributed by atoms with E-state index in [0.717, 1.165) is 34.4 Å². The second-order valence-corrected chi connectivity index (χ2v) is 20.4. The van der Waals surface area contributed by atoms with E-state index in [-0.39, 0.29) is 17.5 Å². The second kappa shape index (κ2) is 22.0. The van der Waals surface area contributed by atoms with Crippen LogP contribution < -0.4 is 21.7 Å². The average molecular weight is 984 g/mol. The molecule has 2 aromatic heterocycles. The Kier molecular flexibility index (Phi) is 19.4. The highest BCUT2D eigenvalue weighted by molar-refractivity contribution is 7.66. The van der Waals surface area contributed by atoms with E-state index in [0.29, 0.717) is 0 Å². The lowest BCUT2D eigenvalue weighted by atomic mass is 9.94. The Bertz CT molecular complexity index is 2520. The van der Waals surface area contributed by atoms with Crippen LogP contribution in [0.5, 0.6) is 0 Å². The van der Waals surface area contributed by atoms with Crippen molar-refractivity contribution >= 4 is 44.8 Å². The zero-order chi connectivity index (χ0) is 47.8. The molecule has 28 nitrogen and oxygen atoms in total. The minimum absolute atomic E-state index is 0.000856. The van der Waals surface area contributed by atoms with Crippen molar-refractivity contribution in [1.29, 1.82) is 0 Å². The number of H-pyrrole nitrogens is 2. The van der Waals surface area contributed by atoms with Gasteiger partial charge in [0.05, 0.1) is 18.8 Å². The fraction of sp³-hybridized carbons (Fsp3) is 0.483. The zero-order valence-corrected chi connectivity index (χ0v) is 38.2. The maximum atomic E-state index is 12.4. The Morgan fingerprint density at radius 3 is 1.84 bits per heavy atom. The summed E-state index contributed by atoms with van der Waals surface area (Å²) in [4.78, 5) is 112. The maximum absolute atomic E-state index is 12.4. The van der Waals surface area contributed by atoms with Gasteiger partial charge in [0.25, 0.3) is 11.1 Å². The van der Waals surface area contributed by atoms with Gasteiger partial charge >= 0.3 is 44.8 Å². The normalized spacial score (nSPS) is 18.5. The topological polar surface area (TPSA) is 433 Å². The molecular weight excluding hydrogens is 937 g/mol. The van der Waals surface area contributed by atoms with Crippen LogP contribution in [0.25, 0.3) is 10.4 Å². The predicted octanol–water partition coefficient (Wildman–Crippen LogP) is 2.86. The first-order valence-corrected chi connectivity index (χ1v) is 24.9. The highest BCUT2D eigenvalue weighted by Gasteiger charge is 2.43. The quantitative estimate of drug-likeness (QED) is 0.0453. The van der Waals surface area contributed by atoms with Gasteiger partial charge in [0.2, 0.25) is 0 Å². The number of aryl methyl sites for hydroxylation is 4. The zero-order valence-electron chi connectivity index (χ0n) is 33.7. The van der Waals surface area contributed by atoms with Crippen LogP contribution in [0, 0.1) is 27.7 Å². The molecule has 10 N–H and O–H groups in total. The molecule has 4 rings (SSSR count). The molecular formula is C29H46N7O21P5. The molecule has 5 atom stereocenters. The molecule has 1 saturated heterocycles. The van der Waals surface area contributed by atoms with Crippen LogP contribution in [0.1, 0.15) is 58.6 Å². The molecule has 1 aliphatic rings. The van der Waals surface area contributed by atoms with Crippen LogP contribution in [0.15, 0.2) is 43.9 Å². The number of pyridine rings is 1. The third-order valence-corrected chi connectivity index (χ3v) is 13.5. The Morgan fingerprint density at radius 2 is 1.37 bits per heavy atom. The number of ether oxygens (including phenoxy) is 1. The highest BCUT2D eigenvalue weighted by Crippen LogP contribution is 2.66. The van der Waals surface area contributed by atoms with Crippen molar-refractivity contribution in [1.82, 2.24) is 14.5 Å². The van der Waals surface area contributed by atoms with Gasteiger partial charge in [-0.1, -0.05) is 41.4 Å². The van der Waals surface area contributed by atoms with E-state index >= 15 is 0 Å². The van der Waals surface area contributed by atoms with Crippen LogP contribution in [0.2, 0.25) is 0 Å². The van der Waals surface area contributed by atoms with Crippen LogP contribution in [-0.2, 0) is 57.9 Å². The van der Waals surface area contributed by atoms with Gasteiger partial charge in [0.15, 0.2) is 0 Å². The molecule has 1 fully saturated rings. The lowest BCUT2D eigenvalue weighted by Gasteiger charge is -2.21. The van der Waals surface area contributed by atoms with Crippen LogP contribution in [-0.4, -0.2) is 86.5 Å². The number of nitrogens with one attached hydrogen (secondary N) is 2. The molecule has 1 aromatic carbocycles. The number of phosphoric ester groups is 1. The molecule has 1 aliphatic heterocycles. The molecule has 0 radical (unpaired) electrons. The van der Waals surface area contributed by atoms with E-state index in [2.05, 4.69) is 71.4 Å². The van der Waals surface area contributed by atoms with Crippen molar-refractivity contribution < 1.29 is 84.2 Å². The van der Waals surface area contributed by atoms with E-state index in [1.807, 2.05) is 30.9 Å². The number of nitrogens with zero attached hydrogens (tertiary/aromatic N) is 5. The van der Waals surface area contributed by atoms with Gasteiger partial charge in [0.1, 0.15) is 11.9 Å². The maximum Gasteiger partial charge on any atom is 0.490 e. The number of anilines is 1. The van der Waals surface area contributed by atoms with Gasteiger partial charge in [-0.3, -0.25) is 23.7 Å². The summed E-state index contributed by atoms with van der Waals surface area (Å²) in [5, 5.41) is 3.42. The minimum Gasteiger partial charge on any atom is -0.373 e. The van der Waals surface area contributed by atoms with Crippen LogP contribution in [0.4, 0.5) is 5.69 Å². The van der Waals surface area contributed by atoms with Gasteiger partial charge < -0.3 is 53.8 Å². The van der Waals surface area contributed by atoms with Crippen molar-refractivity contribution in [2.24, 2.45) is 5.11 Å². The summed E-state index contributed by atoms with van der Waals surface area (Å²) in [6.07, 6.45) is 0.454. The molecule has 0 saturated carbocycles. The van der Waals surface area contributed by atoms with E-state index in [9.17, 15) is 42.1 Å². The lowest BCUT2D eigenvalue weighted by molar-refractivity contribution is -0.0267. The van der Waals surface area contributed by atoms with E-state index in [1.165, 1.54) is 35.4 Å². The van der Waals surface area contributed by atoms with Crippen molar-refractivity contribution in [2.45, 2.75) is 72.3 Å². The Hall–Kier alpha value is -3.41. The SMILES string of the molecule is CCc1c(C)[nH]c(=O)c(N(C)C)c1Cc1cc(C)cc(C)c1.Cc1cn([C@H]2C[C@H](N=[N+]=[N-])[C@@H](COP(=O)(O)OP(=O)(O)OP(=O)(O)O)O2)c(=O)[nH]c1=O.O=P(O)(O)OP(=O)(O)O. The summed E-state index contributed by atoms with van der Waals surface area (Å²) in [6.45, 7) is 8.92. The molecule has 33 heteroatoms. The van der Waals surface area contributed by atoms with Crippen molar-refractivity contribution in [3.8, 4) is 0 Å². The average Bonchev–Trinajstić information content (AvgIpc) is 3.44. The Labute approximate surface area is 351 Å². The van der Waals surface area contributed by atoms with E-state index < -0.39 is 75.3 Å². The van der Waals surface area contributed by atoms with Gasteiger partial charge in [-0.05, 0) is 56.3 Å². The first-order valence-electron chi connectivity index (χ1n) is 17.3. The fourth-order valence-electron chi connectivity index (χ4n) is 5.96. The summed E-state index contributed by atoms with van der Waals surface area (Å²) >= 11 is 0. The largest absolute Gasteiger partial charge is 0.490 e. The molecule has 0 aliphatic carbocycles. The molecule has 0 spiro atoms. The van der Waals surface area contributed by atoms with Crippen LogP contribution in [0.3, 0.4) is 0 Å². The Morgan fingerprint density at radius 1 is 0.823 bits per heavy atom. The van der Waals surface area contributed by atoms with Gasteiger partial charge in [-0.25, -0.2) is 27.6 Å². The van der Waals surface area contributed by atoms with Crippen molar-refractivity contribution in [3.05, 3.63) is 105 Å². The number of aromatic amines is 2. The number of azide groups is 1. The molecule has 0 bridgehead atoms. The number of hydrogen-bond donors (Lipinski definition) is 10. The standard InChI is InChI=1S/C19H26N2O.C10H16N5O13P3.H4O7P2/c1-7-16-14(4)20-19(22)18(21(5)6)17(16)11-15-9-12(2)8-13(3)10-15;1-5-3-15(10(17)12-9(5)16)8-2-6(13-14-11)7(26-8)4-25-30(21,22)28-31(23,24)27-29(18,19)20;1-8(2,3)7-9(4,5)6/h8-10H,7,11H2,1-6H3,(H,20,22);3,6-8H,2,4H2,1H3,(H,21,22)(H,23,24)(H,12,16,17)(H2,18,19,20);(H2,1,2,3)(H2,4,5,6)/t;6-,7+,8+;/m.0./s1. The minimum atomic E-state index is -5.70. The fourth-order valence-corrected chi connectivity index (χ4v) is 10.1. The summed E-state index contributed by atoms with van der Waals surface area (Å²) in [6, 6.07) is 5.56. The van der Waals surface area contributed by atoms with Gasteiger partial charge in [0, 0.05) is 49.3 Å². The van der Waals surface area contributed by atoms with Crippen molar-refractivity contribution in [2.75, 3.05) is 25.6 Å². The monoisotopic (exact) mass is 983 g/mol. The number of phosphoric acid groups is 5. The Balaban J connectivity index is 0.000000369. The number of hydrogen-bond acceptors (Lipinski definition) is 15. The third-order valence-electron chi connectivity index (χ3n) is 7.97. The third kappa shape index (κ3) is 18.4. The summed E-state index contributed by atoms with van der Waals surface area (Å²) < 4.78 is 74.1. The smallest absolute Gasteiger partial charge is 0.373 e. The first-order chi connectivity index (χ1) is 28.2. The van der Waals surface area contributed by atoms with E-state index in [4.69, 9.17) is 44.5 Å². The molecule has 3 heterocycles. The number of benzene rings is 1. The highest BCUT2D eigenvalue weighted by atomic mass is 31.3. The lowest BCUT2D eigenvalue weighted by Crippen LogP contribution is -2.33. The van der Waals surface area contributed by atoms with Crippen LogP contribution >= 0.6 is 39.1 Å². The number of rotatable bonds is 15. The second-order valence-electron chi connectivity index (χ2n) is 13.4.